The molecule has 0 bridgehead atoms. The topological polar surface area (TPSA) is 55.1 Å². The van der Waals surface area contributed by atoms with Crippen molar-refractivity contribution in [1.82, 2.24) is 5.32 Å². The van der Waals surface area contributed by atoms with Crippen LogP contribution in [0.4, 0.5) is 0 Å². The Balaban J connectivity index is 2.75. The zero-order chi connectivity index (χ0) is 13.9. The van der Waals surface area contributed by atoms with E-state index in [0.717, 1.165) is 10.0 Å². The van der Waals surface area contributed by atoms with Crippen molar-refractivity contribution in [3.05, 3.63) is 34.3 Å². The fraction of sp³-hybridized carbons (Fsp3) is 0.500. The first-order valence-corrected chi connectivity index (χ1v) is 6.83. The number of hydrogen-bond acceptors (Lipinski definition) is 2. The van der Waals surface area contributed by atoms with Crippen molar-refractivity contribution in [3.8, 4) is 0 Å². The molecule has 1 aromatic carbocycles. The Hall–Kier alpha value is -0.870. The number of hydrogen-bond donors (Lipinski definition) is 2. The fourth-order valence-electron chi connectivity index (χ4n) is 1.60. The number of carbonyl (C=O) groups excluding carboxylic acids is 1. The number of rotatable bonds is 3. The van der Waals surface area contributed by atoms with Gasteiger partial charge in [-0.05, 0) is 24.0 Å². The van der Waals surface area contributed by atoms with E-state index in [1.807, 2.05) is 52.0 Å². The molecule has 0 fully saturated rings. The molecule has 0 unspecified atom stereocenters. The highest BCUT2D eigenvalue weighted by Crippen LogP contribution is 2.24. The van der Waals surface area contributed by atoms with E-state index in [0.29, 0.717) is 0 Å². The molecule has 0 radical (unpaired) electrons. The lowest BCUT2D eigenvalue weighted by Gasteiger charge is -2.27. The monoisotopic (exact) mass is 312 g/mol. The summed E-state index contributed by atoms with van der Waals surface area (Å²) in [5, 5.41) is 2.95. The van der Waals surface area contributed by atoms with Gasteiger partial charge in [0.15, 0.2) is 0 Å². The summed E-state index contributed by atoms with van der Waals surface area (Å²) in [6, 6.07) is 7.26. The lowest BCUT2D eigenvalue weighted by atomic mass is 9.86. The molecule has 3 nitrogen and oxygen atoms in total. The maximum atomic E-state index is 12.0. The number of halogens is 1. The quantitative estimate of drug-likeness (QED) is 0.901. The van der Waals surface area contributed by atoms with Crippen LogP contribution >= 0.6 is 15.9 Å². The van der Waals surface area contributed by atoms with E-state index >= 15 is 0 Å². The molecule has 18 heavy (non-hydrogen) atoms. The Labute approximate surface area is 117 Å². The third kappa shape index (κ3) is 3.82. The normalized spacial score (nSPS) is 15.0. The highest BCUT2D eigenvalue weighted by molar-refractivity contribution is 9.10. The van der Waals surface area contributed by atoms with E-state index in [9.17, 15) is 4.79 Å². The molecule has 4 heteroatoms. The van der Waals surface area contributed by atoms with Gasteiger partial charge >= 0.3 is 0 Å². The molecule has 0 saturated carbocycles. The molecule has 2 atom stereocenters. The van der Waals surface area contributed by atoms with Gasteiger partial charge in [0.05, 0.1) is 12.1 Å². The lowest BCUT2D eigenvalue weighted by Crippen LogP contribution is -2.49. The van der Waals surface area contributed by atoms with E-state index < -0.39 is 6.04 Å². The van der Waals surface area contributed by atoms with Gasteiger partial charge in [-0.15, -0.1) is 0 Å². The first-order chi connectivity index (χ1) is 8.23. The smallest absolute Gasteiger partial charge is 0.237 e. The minimum Gasteiger partial charge on any atom is -0.348 e. The molecule has 0 spiro atoms. The number of nitrogens with one attached hydrogen (secondary N) is 1. The van der Waals surface area contributed by atoms with Gasteiger partial charge in [0, 0.05) is 4.47 Å². The van der Waals surface area contributed by atoms with E-state index in [4.69, 9.17) is 5.73 Å². The van der Waals surface area contributed by atoms with Gasteiger partial charge in [-0.3, -0.25) is 4.79 Å². The van der Waals surface area contributed by atoms with Gasteiger partial charge in [-0.2, -0.15) is 0 Å². The van der Waals surface area contributed by atoms with Gasteiger partial charge < -0.3 is 11.1 Å². The van der Waals surface area contributed by atoms with Crippen molar-refractivity contribution in [3.63, 3.8) is 0 Å². The van der Waals surface area contributed by atoms with Gasteiger partial charge in [0.1, 0.15) is 0 Å². The average molecular weight is 313 g/mol. The molecule has 100 valence electrons. The van der Waals surface area contributed by atoms with E-state index in [-0.39, 0.29) is 17.4 Å². The molecule has 0 aliphatic heterocycles. The average Bonchev–Trinajstić information content (AvgIpc) is 2.27. The second-order valence-corrected chi connectivity index (χ2v) is 6.45. The second kappa shape index (κ2) is 5.85. The molecule has 1 aromatic rings. The summed E-state index contributed by atoms with van der Waals surface area (Å²) in [5.74, 6) is -0.120. The molecule has 0 saturated heterocycles. The summed E-state index contributed by atoms with van der Waals surface area (Å²) in [4.78, 5) is 12.0. The van der Waals surface area contributed by atoms with E-state index in [1.54, 1.807) is 0 Å². The zero-order valence-electron chi connectivity index (χ0n) is 11.3. The molecule has 0 aliphatic carbocycles. The second-order valence-electron chi connectivity index (χ2n) is 5.60. The predicted molar refractivity (Wildman–Crippen MR) is 78.1 cm³/mol. The molecule has 1 rings (SSSR count). The van der Waals surface area contributed by atoms with Crippen LogP contribution in [0.15, 0.2) is 28.7 Å². The minimum absolute atomic E-state index is 0.0681. The van der Waals surface area contributed by atoms with Gasteiger partial charge in [0.25, 0.3) is 0 Å². The molecular formula is C14H21BrN2O. The number of benzene rings is 1. The van der Waals surface area contributed by atoms with Crippen molar-refractivity contribution < 1.29 is 4.79 Å². The first-order valence-electron chi connectivity index (χ1n) is 6.04. The maximum Gasteiger partial charge on any atom is 0.237 e. The van der Waals surface area contributed by atoms with Crippen LogP contribution in [0.2, 0.25) is 0 Å². The maximum absolute atomic E-state index is 12.0. The van der Waals surface area contributed by atoms with Crippen LogP contribution in [-0.4, -0.2) is 11.9 Å². The SMILES string of the molecule is C[C@H](NC(=O)[C@@H](N)C(C)(C)C)c1ccccc1Br. The summed E-state index contributed by atoms with van der Waals surface area (Å²) >= 11 is 3.48. The third-order valence-corrected chi connectivity index (χ3v) is 3.67. The molecule has 0 aliphatic rings. The van der Waals surface area contributed by atoms with Crippen molar-refractivity contribution in [2.45, 2.75) is 39.8 Å². The fourth-order valence-corrected chi connectivity index (χ4v) is 2.23. The molecule has 1 amide bonds. The highest BCUT2D eigenvalue weighted by atomic mass is 79.9. The Kier molecular flexibility index (Phi) is 4.93. The number of nitrogens with two attached hydrogens (primary N) is 1. The van der Waals surface area contributed by atoms with Crippen LogP contribution in [0, 0.1) is 5.41 Å². The Morgan fingerprint density at radius 3 is 2.39 bits per heavy atom. The van der Waals surface area contributed by atoms with E-state index in [1.165, 1.54) is 0 Å². The molecule has 0 aromatic heterocycles. The summed E-state index contributed by atoms with van der Waals surface area (Å²) in [6.45, 7) is 7.83. The van der Waals surface area contributed by atoms with Gasteiger partial charge in [-0.1, -0.05) is 54.9 Å². The van der Waals surface area contributed by atoms with Crippen LogP contribution in [0.1, 0.15) is 39.3 Å². The van der Waals surface area contributed by atoms with Crippen molar-refractivity contribution in [2.24, 2.45) is 11.1 Å². The Morgan fingerprint density at radius 1 is 1.33 bits per heavy atom. The van der Waals surface area contributed by atoms with Crippen molar-refractivity contribution >= 4 is 21.8 Å². The standard InChI is InChI=1S/C14H21BrN2O/c1-9(10-7-5-6-8-11(10)15)17-13(18)12(16)14(2,3)4/h5-9,12H,16H2,1-4H3,(H,17,18)/t9-,12+/m0/s1. The number of amides is 1. The molecule has 3 N–H and O–H groups in total. The molecule has 0 heterocycles. The summed E-state index contributed by atoms with van der Waals surface area (Å²) < 4.78 is 0.988. The summed E-state index contributed by atoms with van der Waals surface area (Å²) in [6.07, 6.45) is 0. The van der Waals surface area contributed by atoms with Crippen LogP contribution in [0.3, 0.4) is 0 Å². The van der Waals surface area contributed by atoms with Gasteiger partial charge in [-0.25, -0.2) is 0 Å². The Morgan fingerprint density at radius 2 is 1.89 bits per heavy atom. The van der Waals surface area contributed by atoms with Gasteiger partial charge in [0.2, 0.25) is 5.91 Å². The minimum atomic E-state index is -0.512. The van der Waals surface area contributed by atoms with Crippen LogP contribution in [0.25, 0.3) is 0 Å². The highest BCUT2D eigenvalue weighted by Gasteiger charge is 2.28. The lowest BCUT2D eigenvalue weighted by molar-refractivity contribution is -0.125. The van der Waals surface area contributed by atoms with Crippen LogP contribution in [-0.2, 0) is 4.79 Å². The number of carbonyl (C=O) groups is 1. The summed E-state index contributed by atoms with van der Waals surface area (Å²) in [7, 11) is 0. The van der Waals surface area contributed by atoms with Crippen molar-refractivity contribution in [1.29, 1.82) is 0 Å². The van der Waals surface area contributed by atoms with Crippen LogP contribution in [0.5, 0.6) is 0 Å². The third-order valence-electron chi connectivity index (χ3n) is 2.95. The largest absolute Gasteiger partial charge is 0.348 e. The first kappa shape index (κ1) is 15.2. The Bertz CT molecular complexity index is 426. The van der Waals surface area contributed by atoms with Crippen molar-refractivity contribution in [2.75, 3.05) is 0 Å². The molecular weight excluding hydrogens is 292 g/mol. The predicted octanol–water partition coefficient (Wildman–Crippen LogP) is 3.00. The zero-order valence-corrected chi connectivity index (χ0v) is 12.9. The van der Waals surface area contributed by atoms with E-state index in [2.05, 4.69) is 21.2 Å². The summed E-state index contributed by atoms with van der Waals surface area (Å²) in [5.41, 5.74) is 6.74. The van der Waals surface area contributed by atoms with Crippen LogP contribution < -0.4 is 11.1 Å².